The van der Waals surface area contributed by atoms with Crippen molar-refractivity contribution in [2.75, 3.05) is 44.3 Å². The number of carbonyl (C=O) groups is 14. The predicted octanol–water partition coefficient (Wildman–Crippen LogP) is 3.46. The molecule has 0 radical (unpaired) electrons. The van der Waals surface area contributed by atoms with E-state index in [2.05, 4.69) is 71.0 Å². The number of thiol groups is 2. The van der Waals surface area contributed by atoms with Gasteiger partial charge in [-0.25, -0.2) is 0 Å². The van der Waals surface area contributed by atoms with Crippen molar-refractivity contribution in [3.63, 3.8) is 0 Å². The van der Waals surface area contributed by atoms with E-state index in [4.69, 9.17) is 33.8 Å². The Morgan fingerprint density at radius 2 is 0.752 bits per heavy atom. The van der Waals surface area contributed by atoms with Crippen molar-refractivity contribution in [2.24, 2.45) is 73.0 Å². The van der Waals surface area contributed by atoms with Crippen LogP contribution in [-0.2, 0) is 67.1 Å². The van der Waals surface area contributed by atoms with Gasteiger partial charge in [-0.3, -0.25) is 67.1 Å². The second kappa shape index (κ2) is 42.0. The second-order valence-electron chi connectivity index (χ2n) is 35.9. The molecule has 0 aromatic heterocycles. The molecule has 10 saturated carbocycles. The quantitative estimate of drug-likeness (QED) is 0.0486. The van der Waals surface area contributed by atoms with Crippen LogP contribution in [0.15, 0.2) is 0 Å². The number of hydrogen-bond donors (Lipinski definition) is 15. The van der Waals surface area contributed by atoms with Crippen molar-refractivity contribution >= 4 is 107 Å². The summed E-state index contributed by atoms with van der Waals surface area (Å²) in [7, 11) is 0. The van der Waals surface area contributed by atoms with Crippen molar-refractivity contribution in [3.05, 3.63) is 0 Å². The van der Waals surface area contributed by atoms with Crippen molar-refractivity contribution in [1.29, 1.82) is 0 Å². The summed E-state index contributed by atoms with van der Waals surface area (Å²) in [5, 5.41) is 36.2. The Morgan fingerprint density at radius 3 is 1.00 bits per heavy atom. The maximum absolute atomic E-state index is 12.5. The third-order valence-corrected chi connectivity index (χ3v) is 28.1. The third kappa shape index (κ3) is 24.2. The van der Waals surface area contributed by atoms with E-state index < -0.39 is 30.1 Å². The first-order valence-electron chi connectivity index (χ1n) is 42.1. The summed E-state index contributed by atoms with van der Waals surface area (Å²) in [6, 6.07) is -1.85. The van der Waals surface area contributed by atoms with Gasteiger partial charge in [-0.1, -0.05) is 27.7 Å². The summed E-state index contributed by atoms with van der Waals surface area (Å²) >= 11 is 8.40. The van der Waals surface area contributed by atoms with Crippen molar-refractivity contribution in [2.45, 2.75) is 339 Å². The van der Waals surface area contributed by atoms with Crippen LogP contribution in [0.2, 0.25) is 0 Å². The second-order valence-corrected chi connectivity index (χ2v) is 36.7. The van der Waals surface area contributed by atoms with Gasteiger partial charge in [0.15, 0.2) is 11.6 Å². The van der Waals surface area contributed by atoms with Gasteiger partial charge >= 0.3 is 0 Å². The lowest BCUT2D eigenvalue weighted by atomic mass is 9.59. The van der Waals surface area contributed by atoms with Crippen LogP contribution in [-0.4, -0.2) is 219 Å². The van der Waals surface area contributed by atoms with Crippen LogP contribution < -0.4 is 60.6 Å². The lowest BCUT2D eigenvalue weighted by Gasteiger charge is -2.54. The van der Waals surface area contributed by atoms with Gasteiger partial charge in [0.25, 0.3) is 0 Å². The molecule has 638 valence electrons. The number of carbonyl (C=O) groups excluding carboxylic acids is 14. The molecule has 113 heavy (non-hydrogen) atoms. The molecule has 0 bridgehead atoms. The summed E-state index contributed by atoms with van der Waals surface area (Å²) in [6.45, 7) is 14.9. The number of aliphatic hydroxyl groups excluding tert-OH is 2. The predicted molar refractivity (Wildman–Crippen MR) is 434 cm³/mol. The van der Waals surface area contributed by atoms with Gasteiger partial charge < -0.3 is 80.6 Å². The number of amides is 8. The Bertz CT molecular complexity index is 3340. The molecule has 6 spiro atoms. The average Bonchev–Trinajstić information content (AvgIpc) is 0.737. The molecule has 18 N–H and O–H groups in total. The number of aliphatic hydroxyl groups is 2. The number of Topliss-reactive ketones (excluding diaryl/α,β-unsaturated/α-hetero) is 6. The zero-order chi connectivity index (χ0) is 83.6. The number of rotatable bonds is 24. The lowest BCUT2D eigenvalue weighted by Crippen LogP contribution is -2.67. The highest BCUT2D eigenvalue weighted by atomic mass is 32.1. The summed E-state index contributed by atoms with van der Waals surface area (Å²) in [5.41, 5.74) is 26.3. The van der Waals surface area contributed by atoms with Crippen molar-refractivity contribution < 1.29 is 77.3 Å². The number of nitrogens with one attached hydrogen (secondary N) is 6. The normalized spacial score (nSPS) is 32.2. The standard InChI is InChI=1S/C16H26N2O3S.C16H28N2O2S.C14H23N3O3.C13H22N2O3.C12H20N2O3.C11H18N2O2/c1-10(2)14(20)17-12-4-6-16(7-5-12)9-18(15(16)21)13(8-22)11(3)19;1-11(2)8-17-13-4-6-16(7-5-13)10-18(15(16)20)14(9-21)12(3)19;15-10(1-2-12(16)19)13(20)17-9-3-6-14(7-4-9)8-5-11(14)18;1-8(16)11(14)12(18)15-9-2-5-13(6-3-9)7-4-10(13)17;13-9(7-15)11(17)14-8-1-4-12(5-2-8)6-3-10(12)16;12-7-10(15)13-8-1-4-11(5-2-8)6-3-9(11)14/h10,12-13,22H,4-9H2,1-3H3,(H,17,20);11,13-14,17,21H,4-10H2,1-3H3;9-10H,1-8,15H2,(H2,16,19)(H,17,20);8-9,11,16H,2-7,14H2,1H3,(H,15,18);8-9,15H,1-7,13H2,(H,14,17);8H,1-7,12H2,(H,13,15)/t;;9?,10-,14?;8-,9?,11+,13?;8?,9-,12?;/m..010./s1. The fourth-order valence-electron chi connectivity index (χ4n) is 18.6. The summed E-state index contributed by atoms with van der Waals surface area (Å²) in [5.74, 6) is 2.10. The van der Waals surface area contributed by atoms with E-state index in [-0.39, 0.29) is 160 Å². The van der Waals surface area contributed by atoms with E-state index >= 15 is 0 Å². The van der Waals surface area contributed by atoms with Crippen LogP contribution in [0.3, 0.4) is 0 Å². The Hall–Kier alpha value is -5.80. The maximum atomic E-state index is 12.5. The third-order valence-electron chi connectivity index (χ3n) is 27.4. The van der Waals surface area contributed by atoms with Crippen LogP contribution in [0.4, 0.5) is 0 Å². The minimum Gasteiger partial charge on any atom is -0.394 e. The maximum Gasteiger partial charge on any atom is 0.239 e. The van der Waals surface area contributed by atoms with E-state index in [1.165, 1.54) is 13.8 Å². The molecule has 10 aliphatic carbocycles. The van der Waals surface area contributed by atoms with E-state index in [1.807, 2.05) is 13.8 Å². The molecule has 0 aromatic carbocycles. The first-order valence-corrected chi connectivity index (χ1v) is 43.3. The summed E-state index contributed by atoms with van der Waals surface area (Å²) in [4.78, 5) is 166. The number of nitrogens with two attached hydrogens (primary N) is 5. The van der Waals surface area contributed by atoms with Gasteiger partial charge in [0.05, 0.1) is 48.2 Å². The Labute approximate surface area is 679 Å². The van der Waals surface area contributed by atoms with Gasteiger partial charge in [0.2, 0.25) is 47.3 Å². The molecule has 2 unspecified atom stereocenters. The smallest absolute Gasteiger partial charge is 0.239 e. The molecule has 29 nitrogen and oxygen atoms in total. The molecule has 6 atom stereocenters. The highest BCUT2D eigenvalue weighted by molar-refractivity contribution is 7.80. The van der Waals surface area contributed by atoms with Crippen LogP contribution in [0.25, 0.3) is 0 Å². The molecule has 2 aliphatic heterocycles. The van der Waals surface area contributed by atoms with Crippen LogP contribution >= 0.6 is 25.3 Å². The van der Waals surface area contributed by atoms with Gasteiger partial charge in [-0.2, -0.15) is 25.3 Å². The first-order chi connectivity index (χ1) is 53.3. The molecule has 12 rings (SSSR count). The molecular formula is C82H137N13O16S2. The van der Waals surface area contributed by atoms with Crippen LogP contribution in [0, 0.1) is 44.3 Å². The van der Waals surface area contributed by atoms with Crippen molar-refractivity contribution in [1.82, 2.24) is 41.7 Å². The van der Waals surface area contributed by atoms with E-state index in [9.17, 15) is 72.2 Å². The molecule has 2 heterocycles. The lowest BCUT2D eigenvalue weighted by molar-refractivity contribution is -0.170. The molecular weight excluding hydrogens is 1490 g/mol. The SMILES string of the molecule is CC(=O)C(CS)N1CC2(CCC(NC(=O)C(C)C)CC2)C1=O.CC(=O)C(CS)N1CC2(CCC(NCC(C)C)CC2)C1=O.C[C@@H](O)[C@H](N)C(=O)NC1CCC2(CCC2=O)CC1.NC(=O)CC[C@H](N)C(=O)NC1CCC2(CCC2=O)CC1.NCC(=O)NC1CCC2(CCC2=O)CC1.N[C@@H](CO)C(=O)NC1CCC2(CCC2=O)CC1. The number of likely N-dealkylation sites (tertiary alicyclic amines) is 2. The monoisotopic (exact) mass is 1620 g/mol. The summed E-state index contributed by atoms with van der Waals surface area (Å²) in [6.07, 6.45) is 27.9. The van der Waals surface area contributed by atoms with Gasteiger partial charge in [0.1, 0.15) is 35.2 Å². The number of hydrogen-bond acceptors (Lipinski definition) is 23. The number of β-lactam (4-membered cyclic amide) rings is 2. The van der Waals surface area contributed by atoms with Crippen LogP contribution in [0.1, 0.15) is 267 Å². The van der Waals surface area contributed by atoms with E-state index in [0.29, 0.717) is 53.1 Å². The Kier molecular flexibility index (Phi) is 35.1. The topological polar surface area (TPSA) is 488 Å². The fourth-order valence-corrected chi connectivity index (χ4v) is 19.5. The van der Waals surface area contributed by atoms with Gasteiger partial charge in [0, 0.05) is 121 Å². The largest absolute Gasteiger partial charge is 0.394 e. The molecule has 2 saturated heterocycles. The molecule has 0 aromatic rings. The average molecular weight is 1630 g/mol. The molecule has 31 heteroatoms. The Morgan fingerprint density at radius 1 is 0.451 bits per heavy atom. The van der Waals surface area contributed by atoms with E-state index in [1.54, 1.807) is 16.7 Å². The molecule has 12 aliphatic rings. The number of primary amides is 1. The minimum absolute atomic E-state index is 0.00363. The van der Waals surface area contributed by atoms with Gasteiger partial charge in [-0.05, 0) is 219 Å². The highest BCUT2D eigenvalue weighted by Crippen LogP contribution is 2.53. The minimum atomic E-state index is -0.869. The number of ketones is 6. The molecule has 8 amide bonds. The Balaban J connectivity index is 0.000000189. The number of nitrogens with zero attached hydrogens (tertiary/aromatic N) is 2. The fraction of sp³-hybridized carbons (Fsp3) is 0.829. The highest BCUT2D eigenvalue weighted by Gasteiger charge is 2.58. The zero-order valence-corrected chi connectivity index (χ0v) is 70.1. The van der Waals surface area contributed by atoms with Crippen molar-refractivity contribution in [3.8, 4) is 0 Å². The molecule has 12 fully saturated rings. The summed E-state index contributed by atoms with van der Waals surface area (Å²) < 4.78 is 0. The van der Waals surface area contributed by atoms with Gasteiger partial charge in [-0.15, -0.1) is 0 Å². The zero-order valence-electron chi connectivity index (χ0n) is 68.4. The first kappa shape index (κ1) is 94.4. The van der Waals surface area contributed by atoms with E-state index in [0.717, 1.165) is 219 Å². The van der Waals surface area contributed by atoms with Crippen LogP contribution in [0.5, 0.6) is 0 Å².